The number of unbranched alkanes of at least 4 members (excludes halogenated alkanes) is 1. The Kier molecular flexibility index (Phi) is 4.86. The molecule has 0 saturated carbocycles. The molecule has 1 amide bonds. The molecule has 1 aliphatic rings. The van der Waals surface area contributed by atoms with Gasteiger partial charge in [0.15, 0.2) is 5.69 Å². The van der Waals surface area contributed by atoms with Gasteiger partial charge < -0.3 is 4.74 Å². The van der Waals surface area contributed by atoms with Gasteiger partial charge in [-0.15, -0.1) is 0 Å². The summed E-state index contributed by atoms with van der Waals surface area (Å²) in [4.78, 5) is 14.9. The van der Waals surface area contributed by atoms with Crippen LogP contribution in [0.15, 0.2) is 48.5 Å². The highest BCUT2D eigenvalue weighted by atomic mass is 19.1. The van der Waals surface area contributed by atoms with E-state index in [-0.39, 0.29) is 17.8 Å². The van der Waals surface area contributed by atoms with E-state index in [1.165, 1.54) is 12.1 Å². The molecule has 1 aromatic heterocycles. The minimum atomic E-state index is -0.380. The van der Waals surface area contributed by atoms with Crippen LogP contribution in [0.4, 0.5) is 10.1 Å². The van der Waals surface area contributed by atoms with Crippen LogP contribution in [0.3, 0.4) is 0 Å². The number of methoxy groups -OCH3 is 1. The molecule has 6 heteroatoms. The molecule has 0 aliphatic carbocycles. The summed E-state index contributed by atoms with van der Waals surface area (Å²) in [6, 6.07) is 13.3. The molecule has 1 N–H and O–H groups in total. The van der Waals surface area contributed by atoms with Gasteiger partial charge in [0.1, 0.15) is 11.6 Å². The molecule has 2 aromatic carbocycles. The van der Waals surface area contributed by atoms with Gasteiger partial charge in [-0.3, -0.25) is 14.8 Å². The molecule has 4 rings (SSSR count). The summed E-state index contributed by atoms with van der Waals surface area (Å²) in [5.74, 6) is 0.158. The van der Waals surface area contributed by atoms with Crippen LogP contribution in [0.1, 0.15) is 53.1 Å². The number of aromatic amines is 1. The molecular weight excluding hydrogens is 357 g/mol. The van der Waals surface area contributed by atoms with Gasteiger partial charge in [-0.05, 0) is 43.2 Å². The molecule has 2 heterocycles. The molecular formula is C22H22FN3O2. The zero-order chi connectivity index (χ0) is 19.7. The number of ether oxygens (including phenoxy) is 1. The van der Waals surface area contributed by atoms with E-state index in [4.69, 9.17) is 4.74 Å². The third kappa shape index (κ3) is 2.95. The fraction of sp³-hybridized carbons (Fsp3) is 0.273. The normalized spacial score (nSPS) is 15.8. The predicted octanol–water partition coefficient (Wildman–Crippen LogP) is 4.65. The Morgan fingerprint density at radius 2 is 1.93 bits per heavy atom. The Labute approximate surface area is 163 Å². The van der Waals surface area contributed by atoms with E-state index >= 15 is 0 Å². The number of amides is 1. The minimum absolute atomic E-state index is 0.198. The van der Waals surface area contributed by atoms with Gasteiger partial charge in [-0.25, -0.2) is 4.39 Å². The molecule has 0 saturated heterocycles. The Hall–Kier alpha value is -3.15. The number of fused-ring (bicyclic) bond motifs is 1. The molecule has 1 unspecified atom stereocenters. The Morgan fingerprint density at radius 3 is 2.64 bits per heavy atom. The number of halogens is 1. The summed E-state index contributed by atoms with van der Waals surface area (Å²) in [5, 5.41) is 7.39. The van der Waals surface area contributed by atoms with Crippen LogP contribution in [0, 0.1) is 5.82 Å². The summed E-state index contributed by atoms with van der Waals surface area (Å²) in [5.41, 5.74) is 3.77. The molecule has 144 valence electrons. The number of nitrogens with one attached hydrogen (secondary N) is 1. The lowest BCUT2D eigenvalue weighted by Gasteiger charge is -2.27. The number of aryl methyl sites for hydroxylation is 1. The fourth-order valence-electron chi connectivity index (χ4n) is 3.80. The van der Waals surface area contributed by atoms with Crippen LogP contribution < -0.4 is 9.64 Å². The van der Waals surface area contributed by atoms with Crippen LogP contribution in [0.2, 0.25) is 0 Å². The number of rotatable bonds is 6. The van der Waals surface area contributed by atoms with E-state index < -0.39 is 0 Å². The lowest BCUT2D eigenvalue weighted by Crippen LogP contribution is -2.29. The van der Waals surface area contributed by atoms with Gasteiger partial charge in [0.2, 0.25) is 0 Å². The molecule has 0 spiro atoms. The second-order valence-electron chi connectivity index (χ2n) is 6.86. The monoisotopic (exact) mass is 379 g/mol. The Balaban J connectivity index is 1.89. The number of hydrogen-bond donors (Lipinski definition) is 1. The van der Waals surface area contributed by atoms with Crippen molar-refractivity contribution in [1.82, 2.24) is 10.2 Å². The SMILES string of the molecule is CCCCc1[nH]nc2c1C(c1ccccc1OC)N(c1ccc(F)cc1)C2=O. The minimum Gasteiger partial charge on any atom is -0.496 e. The van der Waals surface area contributed by atoms with Crippen molar-refractivity contribution in [3.8, 4) is 5.75 Å². The van der Waals surface area contributed by atoms with Crippen LogP contribution in [-0.2, 0) is 6.42 Å². The first-order valence-electron chi connectivity index (χ1n) is 9.44. The van der Waals surface area contributed by atoms with Crippen molar-refractivity contribution in [2.24, 2.45) is 0 Å². The van der Waals surface area contributed by atoms with Crippen molar-refractivity contribution in [3.63, 3.8) is 0 Å². The molecule has 28 heavy (non-hydrogen) atoms. The van der Waals surface area contributed by atoms with Crippen molar-refractivity contribution in [2.75, 3.05) is 12.0 Å². The van der Waals surface area contributed by atoms with E-state index in [2.05, 4.69) is 17.1 Å². The van der Waals surface area contributed by atoms with Crippen LogP contribution in [0.5, 0.6) is 5.75 Å². The van der Waals surface area contributed by atoms with Crippen molar-refractivity contribution in [2.45, 2.75) is 32.2 Å². The lowest BCUT2D eigenvalue weighted by atomic mass is 9.96. The highest BCUT2D eigenvalue weighted by Crippen LogP contribution is 2.45. The number of hydrogen-bond acceptors (Lipinski definition) is 3. The molecule has 0 fully saturated rings. The molecule has 3 aromatic rings. The van der Waals surface area contributed by atoms with Gasteiger partial charge in [0.05, 0.1) is 13.2 Å². The number of para-hydroxylation sites is 1. The van der Waals surface area contributed by atoms with Gasteiger partial charge in [-0.1, -0.05) is 31.5 Å². The number of H-pyrrole nitrogens is 1. The number of nitrogens with zero attached hydrogens (tertiary/aromatic N) is 2. The zero-order valence-corrected chi connectivity index (χ0v) is 15.9. The molecule has 0 bridgehead atoms. The average Bonchev–Trinajstić information content (AvgIpc) is 3.26. The number of carbonyl (C=O) groups is 1. The summed E-state index contributed by atoms with van der Waals surface area (Å²) in [6.45, 7) is 2.13. The number of carbonyl (C=O) groups excluding carboxylic acids is 1. The zero-order valence-electron chi connectivity index (χ0n) is 15.9. The molecule has 0 radical (unpaired) electrons. The van der Waals surface area contributed by atoms with Crippen LogP contribution in [0.25, 0.3) is 0 Å². The standard InChI is InChI=1S/C22H22FN3O2/c1-3-4-8-17-19-20(25-24-17)22(27)26(15-12-10-14(23)11-13-15)21(19)16-7-5-6-9-18(16)28-2/h5-7,9-13,21H,3-4,8H2,1-2H3,(H,24,25). The van der Waals surface area contributed by atoms with Crippen molar-refractivity contribution in [3.05, 3.63) is 76.9 Å². The van der Waals surface area contributed by atoms with Crippen LogP contribution >= 0.6 is 0 Å². The summed E-state index contributed by atoms with van der Waals surface area (Å²) in [6.07, 6.45) is 2.86. The maximum absolute atomic E-state index is 13.5. The van der Waals surface area contributed by atoms with Crippen LogP contribution in [-0.4, -0.2) is 23.2 Å². The van der Waals surface area contributed by atoms with E-state index in [0.29, 0.717) is 17.1 Å². The van der Waals surface area contributed by atoms with E-state index in [1.54, 1.807) is 24.1 Å². The number of benzene rings is 2. The first-order valence-corrected chi connectivity index (χ1v) is 9.44. The van der Waals surface area contributed by atoms with E-state index in [1.807, 2.05) is 24.3 Å². The smallest absolute Gasteiger partial charge is 0.280 e. The second-order valence-corrected chi connectivity index (χ2v) is 6.86. The predicted molar refractivity (Wildman–Crippen MR) is 105 cm³/mol. The second kappa shape index (κ2) is 7.46. The van der Waals surface area contributed by atoms with Crippen molar-refractivity contribution < 1.29 is 13.9 Å². The largest absolute Gasteiger partial charge is 0.496 e. The van der Waals surface area contributed by atoms with Crippen molar-refractivity contribution >= 4 is 11.6 Å². The third-order valence-electron chi connectivity index (χ3n) is 5.15. The first kappa shape index (κ1) is 18.2. The Morgan fingerprint density at radius 1 is 1.18 bits per heavy atom. The Bertz CT molecular complexity index is 997. The fourth-order valence-corrected chi connectivity index (χ4v) is 3.80. The summed E-state index contributed by atoms with van der Waals surface area (Å²) >= 11 is 0. The van der Waals surface area contributed by atoms with Gasteiger partial charge >= 0.3 is 0 Å². The summed E-state index contributed by atoms with van der Waals surface area (Å²) in [7, 11) is 1.62. The molecule has 5 nitrogen and oxygen atoms in total. The topological polar surface area (TPSA) is 58.2 Å². The summed E-state index contributed by atoms with van der Waals surface area (Å²) < 4.78 is 19.1. The van der Waals surface area contributed by atoms with Gasteiger partial charge in [-0.2, -0.15) is 5.10 Å². The number of aromatic nitrogens is 2. The molecule has 1 aliphatic heterocycles. The maximum atomic E-state index is 13.5. The van der Waals surface area contributed by atoms with Gasteiger partial charge in [0, 0.05) is 22.5 Å². The van der Waals surface area contributed by atoms with Crippen molar-refractivity contribution in [1.29, 1.82) is 0 Å². The van der Waals surface area contributed by atoms with E-state index in [9.17, 15) is 9.18 Å². The quantitative estimate of drug-likeness (QED) is 0.678. The highest BCUT2D eigenvalue weighted by molar-refractivity contribution is 6.10. The third-order valence-corrected chi connectivity index (χ3v) is 5.15. The molecule has 1 atom stereocenters. The average molecular weight is 379 g/mol. The van der Waals surface area contributed by atoms with Gasteiger partial charge in [0.25, 0.3) is 5.91 Å². The lowest BCUT2D eigenvalue weighted by molar-refractivity contribution is 0.0988. The highest BCUT2D eigenvalue weighted by Gasteiger charge is 2.43. The number of anilines is 1. The van der Waals surface area contributed by atoms with E-state index in [0.717, 1.165) is 36.1 Å². The first-order chi connectivity index (χ1) is 13.7. The maximum Gasteiger partial charge on any atom is 0.280 e.